The number of ketones is 1. The fourth-order valence-electron chi connectivity index (χ4n) is 4.34. The minimum atomic E-state index is -0.723. The van der Waals surface area contributed by atoms with Gasteiger partial charge in [0.2, 0.25) is 0 Å². The van der Waals surface area contributed by atoms with Crippen LogP contribution in [0.1, 0.15) is 38.6 Å². The molecule has 1 aliphatic rings. The Bertz CT molecular complexity index is 1420. The lowest BCUT2D eigenvalue weighted by molar-refractivity contribution is 0.0653. The van der Waals surface area contributed by atoms with E-state index in [0.29, 0.717) is 35.8 Å². The van der Waals surface area contributed by atoms with Crippen molar-refractivity contribution >= 4 is 44.8 Å². The molecule has 1 amide bonds. The van der Waals surface area contributed by atoms with Crippen LogP contribution in [0, 0.1) is 24.5 Å². The van der Waals surface area contributed by atoms with Crippen molar-refractivity contribution < 1.29 is 18.4 Å². The van der Waals surface area contributed by atoms with Gasteiger partial charge in [-0.05, 0) is 62.2 Å². The van der Waals surface area contributed by atoms with Crippen LogP contribution in [-0.2, 0) is 0 Å². The Kier molecular flexibility index (Phi) is 5.95. The molecular weight excluding hydrogens is 480 g/mol. The molecule has 1 saturated heterocycles. The van der Waals surface area contributed by atoms with Crippen LogP contribution in [-0.4, -0.2) is 39.5 Å². The summed E-state index contributed by atoms with van der Waals surface area (Å²) in [6.45, 7) is 2.65. The zero-order valence-electron chi connectivity index (χ0n) is 18.2. The summed E-state index contributed by atoms with van der Waals surface area (Å²) >= 11 is 7.50. The van der Waals surface area contributed by atoms with Crippen LogP contribution in [0.25, 0.3) is 15.9 Å². The number of nitrogens with zero attached hydrogens (tertiary/aromatic N) is 3. The molecule has 0 atom stereocenters. The number of benzene rings is 2. The van der Waals surface area contributed by atoms with Gasteiger partial charge in [-0.25, -0.2) is 13.5 Å². The van der Waals surface area contributed by atoms with E-state index in [1.807, 2.05) is 31.2 Å². The molecule has 0 spiro atoms. The van der Waals surface area contributed by atoms with E-state index in [2.05, 4.69) is 5.10 Å². The Balaban J connectivity index is 1.33. The highest BCUT2D eigenvalue weighted by molar-refractivity contribution is 7.20. The lowest BCUT2D eigenvalue weighted by atomic mass is 9.88. The van der Waals surface area contributed by atoms with E-state index in [1.54, 1.807) is 15.6 Å². The minimum absolute atomic E-state index is 0.110. The van der Waals surface area contributed by atoms with Gasteiger partial charge in [-0.15, -0.1) is 11.3 Å². The first-order valence-electron chi connectivity index (χ1n) is 10.9. The molecule has 9 heteroatoms. The normalized spacial score (nSPS) is 14.6. The van der Waals surface area contributed by atoms with E-state index in [9.17, 15) is 18.4 Å². The quantitative estimate of drug-likeness (QED) is 0.321. The molecule has 34 heavy (non-hydrogen) atoms. The summed E-state index contributed by atoms with van der Waals surface area (Å²) in [5, 5.41) is 6.10. The lowest BCUT2D eigenvalue weighted by Gasteiger charge is -2.31. The third-order valence-electron chi connectivity index (χ3n) is 6.16. The monoisotopic (exact) mass is 499 g/mol. The Morgan fingerprint density at radius 2 is 1.85 bits per heavy atom. The summed E-state index contributed by atoms with van der Waals surface area (Å²) in [4.78, 5) is 29.1. The number of rotatable bonds is 4. The van der Waals surface area contributed by atoms with E-state index in [1.165, 1.54) is 11.3 Å². The van der Waals surface area contributed by atoms with Gasteiger partial charge in [0, 0.05) is 29.4 Å². The van der Waals surface area contributed by atoms with E-state index in [-0.39, 0.29) is 11.5 Å². The van der Waals surface area contributed by atoms with Gasteiger partial charge in [-0.3, -0.25) is 9.59 Å². The van der Waals surface area contributed by atoms with Crippen molar-refractivity contribution in [3.63, 3.8) is 0 Å². The Labute approximate surface area is 203 Å². The number of Topliss-reactive ketones (excluding diaryl/α,β-unsaturated/α-hetero) is 1. The molecule has 4 aromatic rings. The average Bonchev–Trinajstić information content (AvgIpc) is 3.40. The van der Waals surface area contributed by atoms with Crippen molar-refractivity contribution in [3.05, 3.63) is 81.3 Å². The van der Waals surface area contributed by atoms with Gasteiger partial charge in [0.25, 0.3) is 5.91 Å². The number of hydrogen-bond donors (Lipinski definition) is 0. The van der Waals surface area contributed by atoms with Crippen LogP contribution in [0.2, 0.25) is 5.02 Å². The van der Waals surface area contributed by atoms with Gasteiger partial charge in [0.05, 0.1) is 21.8 Å². The van der Waals surface area contributed by atoms with Crippen molar-refractivity contribution in [2.75, 3.05) is 13.1 Å². The molecule has 5 rings (SSSR count). The van der Waals surface area contributed by atoms with E-state index in [0.717, 1.165) is 39.8 Å². The molecule has 1 aliphatic heterocycles. The maximum absolute atomic E-state index is 14.0. The number of amides is 1. The second-order valence-corrected chi connectivity index (χ2v) is 9.83. The van der Waals surface area contributed by atoms with Crippen molar-refractivity contribution in [1.82, 2.24) is 14.7 Å². The standard InChI is InChI=1S/C25H20ClF2N3O2S/c1-14-19-13-22(34-25(19)31(29-14)18-4-2-3-16(26)11-18)24(33)30-9-7-15(8-10-30)23(32)20-12-17(27)5-6-21(20)28/h2-6,11-13,15H,7-10H2,1H3. The van der Waals surface area contributed by atoms with Gasteiger partial charge < -0.3 is 4.90 Å². The highest BCUT2D eigenvalue weighted by atomic mass is 35.5. The molecule has 1 fully saturated rings. The van der Waals surface area contributed by atoms with Crippen molar-refractivity contribution in [3.8, 4) is 5.69 Å². The molecule has 0 N–H and O–H groups in total. The number of halogens is 3. The predicted molar refractivity (Wildman–Crippen MR) is 128 cm³/mol. The Morgan fingerprint density at radius 1 is 1.09 bits per heavy atom. The number of hydrogen-bond acceptors (Lipinski definition) is 4. The van der Waals surface area contributed by atoms with Crippen LogP contribution >= 0.6 is 22.9 Å². The van der Waals surface area contributed by atoms with E-state index < -0.39 is 23.3 Å². The Hall–Kier alpha value is -3.10. The van der Waals surface area contributed by atoms with Crippen LogP contribution in [0.5, 0.6) is 0 Å². The van der Waals surface area contributed by atoms with Crippen LogP contribution in [0.4, 0.5) is 8.78 Å². The fourth-order valence-corrected chi connectivity index (χ4v) is 5.68. The molecule has 0 saturated carbocycles. The summed E-state index contributed by atoms with van der Waals surface area (Å²) in [6, 6.07) is 12.1. The van der Waals surface area contributed by atoms with Crippen LogP contribution < -0.4 is 0 Å². The molecular formula is C25H20ClF2N3O2S. The zero-order chi connectivity index (χ0) is 24.0. The molecule has 5 nitrogen and oxygen atoms in total. The van der Waals surface area contributed by atoms with Crippen molar-refractivity contribution in [2.24, 2.45) is 5.92 Å². The van der Waals surface area contributed by atoms with Gasteiger partial charge >= 0.3 is 0 Å². The largest absolute Gasteiger partial charge is 0.338 e. The third kappa shape index (κ3) is 4.12. The van der Waals surface area contributed by atoms with Gasteiger partial charge in [-0.2, -0.15) is 5.10 Å². The second kappa shape index (κ2) is 8.92. The number of aryl methyl sites for hydroxylation is 1. The summed E-state index contributed by atoms with van der Waals surface area (Å²) in [7, 11) is 0. The first kappa shape index (κ1) is 22.7. The predicted octanol–water partition coefficient (Wildman–Crippen LogP) is 6.06. The molecule has 2 aromatic carbocycles. The lowest BCUT2D eigenvalue weighted by Crippen LogP contribution is -2.40. The number of thiophene rings is 1. The molecule has 174 valence electrons. The Morgan fingerprint density at radius 3 is 2.59 bits per heavy atom. The third-order valence-corrected chi connectivity index (χ3v) is 7.49. The highest BCUT2D eigenvalue weighted by Gasteiger charge is 2.31. The first-order chi connectivity index (χ1) is 16.3. The van der Waals surface area contributed by atoms with Crippen molar-refractivity contribution in [1.29, 1.82) is 0 Å². The highest BCUT2D eigenvalue weighted by Crippen LogP contribution is 2.33. The summed E-state index contributed by atoms with van der Waals surface area (Å²) in [5.41, 5.74) is 1.40. The SMILES string of the molecule is Cc1nn(-c2cccc(Cl)c2)c2sc(C(=O)N3CCC(C(=O)c4cc(F)ccc4F)CC3)cc12. The van der Waals surface area contributed by atoms with Crippen LogP contribution in [0.15, 0.2) is 48.5 Å². The molecule has 0 unspecified atom stereocenters. The smallest absolute Gasteiger partial charge is 0.264 e. The number of piperidine rings is 1. The summed E-state index contributed by atoms with van der Waals surface area (Å²) in [6.07, 6.45) is 0.807. The second-order valence-electron chi connectivity index (χ2n) is 8.36. The number of fused-ring (bicyclic) bond motifs is 1. The number of likely N-dealkylation sites (tertiary alicyclic amines) is 1. The maximum atomic E-state index is 14.0. The molecule has 3 heterocycles. The van der Waals surface area contributed by atoms with E-state index in [4.69, 9.17) is 11.6 Å². The van der Waals surface area contributed by atoms with Gasteiger partial charge in [0.15, 0.2) is 5.78 Å². The summed E-state index contributed by atoms with van der Waals surface area (Å²) < 4.78 is 29.3. The van der Waals surface area contributed by atoms with Crippen LogP contribution in [0.3, 0.4) is 0 Å². The molecule has 0 aliphatic carbocycles. The number of aromatic nitrogens is 2. The molecule has 0 bridgehead atoms. The summed E-state index contributed by atoms with van der Waals surface area (Å²) in [5.74, 6) is -2.33. The maximum Gasteiger partial charge on any atom is 0.264 e. The van der Waals surface area contributed by atoms with Gasteiger partial charge in [-0.1, -0.05) is 17.7 Å². The minimum Gasteiger partial charge on any atom is -0.338 e. The molecule has 2 aromatic heterocycles. The number of carbonyl (C=O) groups excluding carboxylic acids is 2. The number of carbonyl (C=O) groups is 2. The zero-order valence-corrected chi connectivity index (χ0v) is 19.8. The first-order valence-corrected chi connectivity index (χ1v) is 12.0. The topological polar surface area (TPSA) is 55.2 Å². The average molecular weight is 500 g/mol. The molecule has 0 radical (unpaired) electrons. The van der Waals surface area contributed by atoms with E-state index >= 15 is 0 Å². The fraction of sp³-hybridized carbons (Fsp3) is 0.240. The van der Waals surface area contributed by atoms with Crippen molar-refractivity contribution in [2.45, 2.75) is 19.8 Å². The van der Waals surface area contributed by atoms with Gasteiger partial charge in [0.1, 0.15) is 16.5 Å².